The van der Waals surface area contributed by atoms with Crippen LogP contribution in [0, 0.1) is 11.6 Å². The minimum atomic E-state index is -4.36. The third-order valence-electron chi connectivity index (χ3n) is 3.62. The molecule has 0 aromatic heterocycles. The Kier molecular flexibility index (Phi) is 4.80. The van der Waals surface area contributed by atoms with Crippen molar-refractivity contribution in [2.75, 3.05) is 18.9 Å². The van der Waals surface area contributed by atoms with Gasteiger partial charge in [0.2, 0.25) is 10.0 Å². The second kappa shape index (κ2) is 6.25. The van der Waals surface area contributed by atoms with Crippen LogP contribution in [0.2, 0.25) is 0 Å². The summed E-state index contributed by atoms with van der Waals surface area (Å²) in [6.45, 7) is -0.242. The van der Waals surface area contributed by atoms with Crippen molar-refractivity contribution in [2.45, 2.75) is 36.6 Å². The Labute approximate surface area is 122 Å². The Morgan fingerprint density at radius 2 is 1.86 bits per heavy atom. The SMILES string of the molecule is Nc1cc(F)c(S(=O)(=O)N2CCCCCC2CO)c(F)c1. The largest absolute Gasteiger partial charge is 0.399 e. The van der Waals surface area contributed by atoms with Crippen molar-refractivity contribution in [2.24, 2.45) is 0 Å². The summed E-state index contributed by atoms with van der Waals surface area (Å²) in [5, 5.41) is 9.37. The standard InChI is InChI=1S/C13H18F2N2O3S/c14-11-6-9(16)7-12(15)13(11)21(19,20)17-5-3-1-2-4-10(17)8-18/h6-7,10,18H,1-5,8,16H2. The molecule has 0 saturated carbocycles. The maximum absolute atomic E-state index is 13.9. The molecule has 21 heavy (non-hydrogen) atoms. The van der Waals surface area contributed by atoms with E-state index < -0.39 is 32.6 Å². The van der Waals surface area contributed by atoms with Crippen LogP contribution in [0.15, 0.2) is 17.0 Å². The lowest BCUT2D eigenvalue weighted by Crippen LogP contribution is -2.42. The van der Waals surface area contributed by atoms with Gasteiger partial charge in [-0.25, -0.2) is 17.2 Å². The van der Waals surface area contributed by atoms with Gasteiger partial charge in [0.1, 0.15) is 11.6 Å². The molecule has 1 aliphatic heterocycles. The van der Waals surface area contributed by atoms with E-state index >= 15 is 0 Å². The van der Waals surface area contributed by atoms with Crippen LogP contribution in [-0.2, 0) is 10.0 Å². The summed E-state index contributed by atoms with van der Waals surface area (Å²) in [5.74, 6) is -2.43. The van der Waals surface area contributed by atoms with Gasteiger partial charge in [0, 0.05) is 18.3 Å². The summed E-state index contributed by atoms with van der Waals surface area (Å²) in [7, 11) is -4.36. The number of halogens is 2. The summed E-state index contributed by atoms with van der Waals surface area (Å²) in [6.07, 6.45) is 2.64. The van der Waals surface area contributed by atoms with E-state index in [1.807, 2.05) is 0 Å². The maximum Gasteiger partial charge on any atom is 0.249 e. The summed E-state index contributed by atoms with van der Waals surface area (Å²) < 4.78 is 53.9. The second-order valence-corrected chi connectivity index (χ2v) is 6.94. The predicted octanol–water partition coefficient (Wildman–Crippen LogP) is 1.47. The monoisotopic (exact) mass is 320 g/mol. The molecule has 1 atom stereocenters. The topological polar surface area (TPSA) is 83.6 Å². The third kappa shape index (κ3) is 3.17. The van der Waals surface area contributed by atoms with Crippen molar-refractivity contribution in [1.82, 2.24) is 4.31 Å². The molecule has 1 unspecified atom stereocenters. The molecular weight excluding hydrogens is 302 g/mol. The van der Waals surface area contributed by atoms with Gasteiger partial charge in [0.15, 0.2) is 4.90 Å². The minimum Gasteiger partial charge on any atom is -0.399 e. The summed E-state index contributed by atoms with van der Waals surface area (Å²) in [5.41, 5.74) is 5.12. The first kappa shape index (κ1) is 16.1. The first-order valence-corrected chi connectivity index (χ1v) is 8.19. The van der Waals surface area contributed by atoms with Crippen molar-refractivity contribution < 1.29 is 22.3 Å². The number of sulfonamides is 1. The number of hydrogen-bond donors (Lipinski definition) is 2. The Morgan fingerprint density at radius 3 is 2.43 bits per heavy atom. The molecule has 0 amide bonds. The molecular formula is C13H18F2N2O3S. The lowest BCUT2D eigenvalue weighted by Gasteiger charge is -2.28. The van der Waals surface area contributed by atoms with Gasteiger partial charge >= 0.3 is 0 Å². The Balaban J connectivity index is 2.50. The molecule has 0 bridgehead atoms. The molecule has 0 spiro atoms. The van der Waals surface area contributed by atoms with Gasteiger partial charge < -0.3 is 10.8 Å². The number of nitrogens with zero attached hydrogens (tertiary/aromatic N) is 1. The van der Waals surface area contributed by atoms with Crippen LogP contribution in [0.5, 0.6) is 0 Å². The molecule has 1 aromatic rings. The number of nitrogen functional groups attached to an aromatic ring is 1. The number of anilines is 1. The molecule has 1 fully saturated rings. The molecule has 118 valence electrons. The van der Waals surface area contributed by atoms with E-state index in [0.29, 0.717) is 12.8 Å². The summed E-state index contributed by atoms with van der Waals surface area (Å²) >= 11 is 0. The number of aliphatic hydroxyl groups is 1. The number of aliphatic hydroxyl groups excluding tert-OH is 1. The zero-order valence-corrected chi connectivity index (χ0v) is 12.2. The van der Waals surface area contributed by atoms with Crippen LogP contribution >= 0.6 is 0 Å². The molecule has 0 radical (unpaired) electrons. The molecule has 3 N–H and O–H groups in total. The van der Waals surface area contributed by atoms with Gasteiger partial charge in [-0.2, -0.15) is 4.31 Å². The van der Waals surface area contributed by atoms with Crippen LogP contribution in [0.1, 0.15) is 25.7 Å². The number of hydrogen-bond acceptors (Lipinski definition) is 4. The molecule has 5 nitrogen and oxygen atoms in total. The van der Waals surface area contributed by atoms with Gasteiger partial charge in [0.25, 0.3) is 0 Å². The highest BCUT2D eigenvalue weighted by Crippen LogP contribution is 2.29. The van der Waals surface area contributed by atoms with E-state index in [1.165, 1.54) is 0 Å². The zero-order valence-electron chi connectivity index (χ0n) is 11.4. The lowest BCUT2D eigenvalue weighted by atomic mass is 10.1. The van der Waals surface area contributed by atoms with Crippen molar-refractivity contribution in [3.8, 4) is 0 Å². The number of benzene rings is 1. The van der Waals surface area contributed by atoms with E-state index in [4.69, 9.17) is 5.73 Å². The fourth-order valence-electron chi connectivity index (χ4n) is 2.59. The third-order valence-corrected chi connectivity index (χ3v) is 5.63. The number of rotatable bonds is 3. The normalized spacial score (nSPS) is 21.2. The molecule has 1 saturated heterocycles. The van der Waals surface area contributed by atoms with Crippen molar-refractivity contribution in [3.63, 3.8) is 0 Å². The van der Waals surface area contributed by atoms with Crippen molar-refractivity contribution in [3.05, 3.63) is 23.8 Å². The molecule has 1 aromatic carbocycles. The first-order chi connectivity index (χ1) is 9.87. The fraction of sp³-hybridized carbons (Fsp3) is 0.538. The summed E-state index contributed by atoms with van der Waals surface area (Å²) in [4.78, 5) is -1.00. The fourth-order valence-corrected chi connectivity index (χ4v) is 4.37. The van der Waals surface area contributed by atoms with Crippen molar-refractivity contribution in [1.29, 1.82) is 0 Å². The van der Waals surface area contributed by atoms with Crippen LogP contribution in [0.25, 0.3) is 0 Å². The lowest BCUT2D eigenvalue weighted by molar-refractivity contribution is 0.186. The highest BCUT2D eigenvalue weighted by molar-refractivity contribution is 7.89. The Hall–Kier alpha value is -1.25. The highest BCUT2D eigenvalue weighted by atomic mass is 32.2. The average Bonchev–Trinajstić information content (AvgIpc) is 2.62. The Bertz CT molecular complexity index is 599. The highest BCUT2D eigenvalue weighted by Gasteiger charge is 2.36. The maximum atomic E-state index is 13.9. The van der Waals surface area contributed by atoms with E-state index in [9.17, 15) is 22.3 Å². The van der Waals surface area contributed by atoms with Crippen LogP contribution < -0.4 is 5.73 Å². The second-order valence-electron chi connectivity index (χ2n) is 5.12. The van der Waals surface area contributed by atoms with E-state index in [-0.39, 0.29) is 18.8 Å². The molecule has 2 rings (SSSR count). The van der Waals surface area contributed by atoms with Crippen LogP contribution in [0.3, 0.4) is 0 Å². The van der Waals surface area contributed by atoms with Gasteiger partial charge in [-0.15, -0.1) is 0 Å². The Morgan fingerprint density at radius 1 is 1.24 bits per heavy atom. The van der Waals surface area contributed by atoms with Gasteiger partial charge in [-0.3, -0.25) is 0 Å². The smallest absolute Gasteiger partial charge is 0.249 e. The zero-order chi connectivity index (χ0) is 15.6. The summed E-state index contributed by atoms with van der Waals surface area (Å²) in [6, 6.07) is 0.901. The average molecular weight is 320 g/mol. The van der Waals surface area contributed by atoms with E-state index in [0.717, 1.165) is 29.3 Å². The quantitative estimate of drug-likeness (QED) is 0.826. The minimum absolute atomic E-state index is 0.136. The van der Waals surface area contributed by atoms with Crippen LogP contribution in [-0.4, -0.2) is 37.0 Å². The van der Waals surface area contributed by atoms with E-state index in [1.54, 1.807) is 0 Å². The van der Waals surface area contributed by atoms with Gasteiger partial charge in [-0.05, 0) is 25.0 Å². The van der Waals surface area contributed by atoms with Gasteiger partial charge in [-0.1, -0.05) is 12.8 Å². The molecule has 1 aliphatic rings. The molecule has 0 aliphatic carbocycles. The van der Waals surface area contributed by atoms with Gasteiger partial charge in [0.05, 0.1) is 6.61 Å². The molecule has 8 heteroatoms. The van der Waals surface area contributed by atoms with Crippen LogP contribution in [0.4, 0.5) is 14.5 Å². The first-order valence-electron chi connectivity index (χ1n) is 6.75. The molecule has 1 heterocycles. The predicted molar refractivity (Wildman–Crippen MR) is 74.0 cm³/mol. The number of nitrogens with two attached hydrogens (primary N) is 1. The van der Waals surface area contributed by atoms with Crippen molar-refractivity contribution >= 4 is 15.7 Å². The van der Waals surface area contributed by atoms with E-state index in [2.05, 4.69) is 0 Å².